The van der Waals surface area contributed by atoms with Crippen LogP contribution in [-0.2, 0) is 9.53 Å². The number of hydrogen-bond acceptors (Lipinski definition) is 6. The number of methoxy groups -OCH3 is 1. The molecule has 1 aromatic heterocycles. The summed E-state index contributed by atoms with van der Waals surface area (Å²) in [6.07, 6.45) is 1.44. The Morgan fingerprint density at radius 2 is 2.27 bits per heavy atom. The second-order valence-electron chi connectivity index (χ2n) is 4.72. The third kappa shape index (κ3) is 3.02. The van der Waals surface area contributed by atoms with Crippen LogP contribution in [0.4, 0.5) is 23.0 Å². The number of carbonyl (C=O) groups excluding carboxylic acids is 1. The Bertz CT molecular complexity index is 709. The zero-order valence-electron chi connectivity index (χ0n) is 11.8. The molecule has 22 heavy (non-hydrogen) atoms. The van der Waals surface area contributed by atoms with Crippen LogP contribution in [0.3, 0.4) is 0 Å². The van der Waals surface area contributed by atoms with Crippen molar-refractivity contribution in [2.75, 3.05) is 29.7 Å². The lowest BCUT2D eigenvalue weighted by Gasteiger charge is -2.26. The van der Waals surface area contributed by atoms with Crippen LogP contribution < -0.4 is 16.0 Å². The molecule has 0 aliphatic carbocycles. The maximum absolute atomic E-state index is 12.1. The molecule has 0 bridgehead atoms. The number of ether oxygens (including phenoxy) is 1. The van der Waals surface area contributed by atoms with Gasteiger partial charge in [-0.3, -0.25) is 4.79 Å². The van der Waals surface area contributed by atoms with E-state index in [1.54, 1.807) is 7.11 Å². The van der Waals surface area contributed by atoms with Crippen molar-refractivity contribution >= 4 is 44.8 Å². The van der Waals surface area contributed by atoms with E-state index < -0.39 is 6.04 Å². The van der Waals surface area contributed by atoms with Gasteiger partial charge in [-0.15, -0.1) is 0 Å². The number of aromatic nitrogens is 2. The Kier molecular flexibility index (Phi) is 4.21. The van der Waals surface area contributed by atoms with E-state index >= 15 is 0 Å². The maximum atomic E-state index is 12.1. The summed E-state index contributed by atoms with van der Waals surface area (Å²) in [5.74, 6) is 0.912. The Morgan fingerprint density at radius 3 is 3.05 bits per heavy atom. The summed E-state index contributed by atoms with van der Waals surface area (Å²) >= 11 is 3.42. The molecule has 0 spiro atoms. The normalized spacial score (nSPS) is 16.5. The molecule has 1 aromatic carbocycles. The topological polar surface area (TPSA) is 88.2 Å². The van der Waals surface area contributed by atoms with E-state index in [1.807, 2.05) is 24.3 Å². The highest BCUT2D eigenvalue weighted by Gasteiger charge is 2.28. The van der Waals surface area contributed by atoms with Crippen LogP contribution in [-0.4, -0.2) is 35.6 Å². The average molecular weight is 364 g/mol. The summed E-state index contributed by atoms with van der Waals surface area (Å²) in [6.45, 7) is 0.268. The smallest absolute Gasteiger partial charge is 0.249 e. The van der Waals surface area contributed by atoms with Crippen molar-refractivity contribution in [3.8, 4) is 0 Å². The Hall–Kier alpha value is -2.19. The first-order valence-corrected chi connectivity index (χ1v) is 7.40. The van der Waals surface area contributed by atoms with Gasteiger partial charge in [0.15, 0.2) is 11.6 Å². The summed E-state index contributed by atoms with van der Waals surface area (Å²) in [4.78, 5) is 20.4. The second-order valence-corrected chi connectivity index (χ2v) is 5.64. The minimum Gasteiger partial charge on any atom is -0.382 e. The minimum absolute atomic E-state index is 0.179. The Morgan fingerprint density at radius 1 is 1.41 bits per heavy atom. The maximum Gasteiger partial charge on any atom is 0.249 e. The molecule has 1 atom stereocenters. The van der Waals surface area contributed by atoms with E-state index in [1.165, 1.54) is 6.33 Å². The van der Waals surface area contributed by atoms with Crippen molar-refractivity contribution < 1.29 is 9.53 Å². The molecular weight excluding hydrogens is 350 g/mol. The number of anilines is 4. The zero-order chi connectivity index (χ0) is 15.5. The van der Waals surface area contributed by atoms with Crippen LogP contribution in [0.15, 0.2) is 35.1 Å². The molecule has 1 amide bonds. The number of nitrogens with zero attached hydrogens (tertiary/aromatic N) is 2. The van der Waals surface area contributed by atoms with Crippen molar-refractivity contribution in [3.63, 3.8) is 0 Å². The van der Waals surface area contributed by atoms with E-state index in [0.717, 1.165) is 10.2 Å². The highest BCUT2D eigenvalue weighted by Crippen LogP contribution is 2.32. The quantitative estimate of drug-likeness (QED) is 0.772. The number of carbonyl (C=O) groups is 1. The van der Waals surface area contributed by atoms with Crippen molar-refractivity contribution in [2.45, 2.75) is 6.04 Å². The molecule has 0 saturated carbocycles. The minimum atomic E-state index is -0.467. The SMILES string of the molecule is COC[C@H]1Nc2ncnc(Nc3cccc(Br)c3)c2NC1=O. The van der Waals surface area contributed by atoms with Crippen molar-refractivity contribution in [3.05, 3.63) is 35.1 Å². The fourth-order valence-corrected chi connectivity index (χ4v) is 2.54. The van der Waals surface area contributed by atoms with Crippen LogP contribution in [0.2, 0.25) is 0 Å². The molecule has 0 saturated heterocycles. The standard InChI is InChI=1S/C14H14BrN5O2/c1-22-6-10-14(21)20-11-12(16-7-17-13(11)19-10)18-9-4-2-3-8(15)5-9/h2-5,7,10H,6H2,1H3,(H,20,21)(H2,16,17,18,19)/t10-/m1/s1. The molecule has 8 heteroatoms. The van der Waals surface area contributed by atoms with Crippen LogP contribution >= 0.6 is 15.9 Å². The Balaban J connectivity index is 1.89. The number of nitrogens with one attached hydrogen (secondary N) is 3. The lowest BCUT2D eigenvalue weighted by molar-refractivity contribution is -0.118. The molecule has 2 aromatic rings. The van der Waals surface area contributed by atoms with Gasteiger partial charge in [-0.05, 0) is 18.2 Å². The summed E-state index contributed by atoms with van der Waals surface area (Å²) in [5.41, 5.74) is 1.38. The number of fused-ring (bicyclic) bond motifs is 1. The highest BCUT2D eigenvalue weighted by atomic mass is 79.9. The molecule has 1 aliphatic rings. The fourth-order valence-electron chi connectivity index (χ4n) is 2.14. The van der Waals surface area contributed by atoms with Gasteiger partial charge < -0.3 is 20.7 Å². The van der Waals surface area contributed by atoms with E-state index in [2.05, 4.69) is 41.8 Å². The van der Waals surface area contributed by atoms with Crippen LogP contribution in [0.25, 0.3) is 0 Å². The predicted octanol–water partition coefficient (Wildman–Crippen LogP) is 2.36. The summed E-state index contributed by atoms with van der Waals surface area (Å²) in [7, 11) is 1.55. The molecule has 1 aliphatic heterocycles. The number of halogens is 1. The molecule has 3 N–H and O–H groups in total. The van der Waals surface area contributed by atoms with Crippen LogP contribution in [0.5, 0.6) is 0 Å². The largest absolute Gasteiger partial charge is 0.382 e. The summed E-state index contributed by atoms with van der Waals surface area (Å²) in [5, 5.41) is 9.04. The van der Waals surface area contributed by atoms with Gasteiger partial charge in [-0.1, -0.05) is 22.0 Å². The first kappa shape index (κ1) is 14.7. The van der Waals surface area contributed by atoms with Crippen molar-refractivity contribution in [1.29, 1.82) is 0 Å². The van der Waals surface area contributed by atoms with Gasteiger partial charge >= 0.3 is 0 Å². The number of rotatable bonds is 4. The molecule has 3 rings (SSSR count). The van der Waals surface area contributed by atoms with E-state index in [-0.39, 0.29) is 12.5 Å². The third-order valence-electron chi connectivity index (χ3n) is 3.14. The van der Waals surface area contributed by atoms with Crippen LogP contribution in [0, 0.1) is 0 Å². The average Bonchev–Trinajstić information content (AvgIpc) is 2.49. The summed E-state index contributed by atoms with van der Waals surface area (Å²) < 4.78 is 5.97. The van der Waals surface area contributed by atoms with E-state index in [9.17, 15) is 4.79 Å². The first-order valence-electron chi connectivity index (χ1n) is 6.61. The lowest BCUT2D eigenvalue weighted by atomic mass is 10.2. The monoisotopic (exact) mass is 363 g/mol. The number of benzene rings is 1. The van der Waals surface area contributed by atoms with Crippen molar-refractivity contribution in [2.24, 2.45) is 0 Å². The lowest BCUT2D eigenvalue weighted by Crippen LogP contribution is -2.42. The van der Waals surface area contributed by atoms with Gasteiger partial charge in [0.1, 0.15) is 18.1 Å². The molecule has 2 heterocycles. The molecule has 0 unspecified atom stereocenters. The fraction of sp³-hybridized carbons (Fsp3) is 0.214. The van der Waals surface area contributed by atoms with Gasteiger partial charge in [0, 0.05) is 17.3 Å². The van der Waals surface area contributed by atoms with Gasteiger partial charge in [0.25, 0.3) is 0 Å². The molecule has 7 nitrogen and oxygen atoms in total. The van der Waals surface area contributed by atoms with Gasteiger partial charge in [-0.25, -0.2) is 9.97 Å². The molecular formula is C14H14BrN5O2. The zero-order valence-corrected chi connectivity index (χ0v) is 13.3. The number of hydrogen-bond donors (Lipinski definition) is 3. The Labute approximate surface area is 135 Å². The third-order valence-corrected chi connectivity index (χ3v) is 3.64. The molecule has 114 valence electrons. The highest BCUT2D eigenvalue weighted by molar-refractivity contribution is 9.10. The van der Waals surface area contributed by atoms with E-state index in [0.29, 0.717) is 17.3 Å². The van der Waals surface area contributed by atoms with Gasteiger partial charge in [0.2, 0.25) is 5.91 Å². The molecule has 0 fully saturated rings. The molecule has 0 radical (unpaired) electrons. The second kappa shape index (κ2) is 6.29. The van der Waals surface area contributed by atoms with Crippen molar-refractivity contribution in [1.82, 2.24) is 9.97 Å². The van der Waals surface area contributed by atoms with E-state index in [4.69, 9.17) is 4.74 Å². The predicted molar refractivity (Wildman–Crippen MR) is 87.4 cm³/mol. The summed E-state index contributed by atoms with van der Waals surface area (Å²) in [6, 6.07) is 7.20. The van der Waals surface area contributed by atoms with Crippen LogP contribution in [0.1, 0.15) is 0 Å². The van der Waals surface area contributed by atoms with Gasteiger partial charge in [0.05, 0.1) is 6.61 Å². The number of amides is 1. The van der Waals surface area contributed by atoms with Gasteiger partial charge in [-0.2, -0.15) is 0 Å². The first-order chi connectivity index (χ1) is 10.7.